The zero-order valence-electron chi connectivity index (χ0n) is 17.4. The molecule has 0 unspecified atom stereocenters. The van der Waals surface area contributed by atoms with Crippen LogP contribution in [-0.4, -0.2) is 27.8 Å². The van der Waals surface area contributed by atoms with Gasteiger partial charge in [0.15, 0.2) is 0 Å². The molecule has 3 aromatic rings. The highest BCUT2D eigenvalue weighted by Crippen LogP contribution is 2.25. The van der Waals surface area contributed by atoms with Crippen LogP contribution in [0.2, 0.25) is 0 Å². The molecule has 0 saturated carbocycles. The summed E-state index contributed by atoms with van der Waals surface area (Å²) < 4.78 is 0. The van der Waals surface area contributed by atoms with E-state index in [4.69, 9.17) is 5.21 Å². The number of Topliss-reactive ketones (excluding diaryl/α,β-unsaturated/α-hetero) is 1. The fraction of sp³-hybridized carbons (Fsp3) is 0.208. The van der Waals surface area contributed by atoms with E-state index in [1.165, 1.54) is 11.6 Å². The molecule has 31 heavy (non-hydrogen) atoms. The predicted octanol–water partition coefficient (Wildman–Crippen LogP) is 3.38. The lowest BCUT2D eigenvalue weighted by atomic mass is 10.00. The Morgan fingerprint density at radius 1 is 1.06 bits per heavy atom. The molecule has 0 aliphatic carbocycles. The minimum atomic E-state index is -0.654. The van der Waals surface area contributed by atoms with Crippen molar-refractivity contribution < 1.29 is 19.6 Å². The summed E-state index contributed by atoms with van der Waals surface area (Å²) in [7, 11) is 0. The summed E-state index contributed by atoms with van der Waals surface area (Å²) in [6, 6.07) is 14.6. The standard InChI is InChI=1S/C24H25N3O4/c1-15(2)13-20-22(18-5-3-4-6-19(18)26-20)23(29)24(30)25-14-17-9-7-16(8-10-17)11-12-21(28)27-31/h3-12,15,26,31H,13-14H2,1-2H3,(H,25,30)(H,27,28)/b12-11+. The Balaban J connectivity index is 1.71. The Kier molecular flexibility index (Phi) is 6.99. The minimum absolute atomic E-state index is 0.202. The van der Waals surface area contributed by atoms with Crippen LogP contribution in [0.5, 0.6) is 0 Å². The minimum Gasteiger partial charge on any atom is -0.358 e. The number of benzene rings is 2. The Morgan fingerprint density at radius 2 is 1.77 bits per heavy atom. The quantitative estimate of drug-likeness (QED) is 0.147. The van der Waals surface area contributed by atoms with E-state index in [2.05, 4.69) is 24.1 Å². The van der Waals surface area contributed by atoms with Crippen LogP contribution >= 0.6 is 0 Å². The van der Waals surface area contributed by atoms with E-state index < -0.39 is 17.6 Å². The fourth-order valence-electron chi connectivity index (χ4n) is 3.35. The summed E-state index contributed by atoms with van der Waals surface area (Å²) in [5.41, 5.74) is 5.14. The number of aromatic amines is 1. The number of carbonyl (C=O) groups excluding carboxylic acids is 3. The average Bonchev–Trinajstić information content (AvgIpc) is 3.12. The molecule has 7 nitrogen and oxygen atoms in total. The number of para-hydroxylation sites is 1. The van der Waals surface area contributed by atoms with E-state index in [1.807, 2.05) is 24.3 Å². The summed E-state index contributed by atoms with van der Waals surface area (Å²) in [5.74, 6) is -1.50. The van der Waals surface area contributed by atoms with Crippen molar-refractivity contribution in [3.63, 3.8) is 0 Å². The van der Waals surface area contributed by atoms with Crippen molar-refractivity contribution in [1.29, 1.82) is 0 Å². The van der Waals surface area contributed by atoms with Gasteiger partial charge in [-0.1, -0.05) is 56.3 Å². The summed E-state index contributed by atoms with van der Waals surface area (Å²) >= 11 is 0. The predicted molar refractivity (Wildman–Crippen MR) is 118 cm³/mol. The van der Waals surface area contributed by atoms with Gasteiger partial charge in [0, 0.05) is 29.2 Å². The van der Waals surface area contributed by atoms with Crippen LogP contribution in [0.1, 0.15) is 41.0 Å². The number of rotatable bonds is 8. The first-order valence-corrected chi connectivity index (χ1v) is 10.0. The molecule has 4 N–H and O–H groups in total. The number of nitrogens with one attached hydrogen (secondary N) is 3. The maximum atomic E-state index is 13.0. The van der Waals surface area contributed by atoms with E-state index in [1.54, 1.807) is 30.3 Å². The lowest BCUT2D eigenvalue weighted by Crippen LogP contribution is -2.31. The lowest BCUT2D eigenvalue weighted by molar-refractivity contribution is -0.124. The number of hydrogen-bond donors (Lipinski definition) is 4. The highest BCUT2D eigenvalue weighted by molar-refractivity contribution is 6.45. The van der Waals surface area contributed by atoms with Gasteiger partial charge in [0.05, 0.1) is 5.56 Å². The van der Waals surface area contributed by atoms with Crippen LogP contribution in [0.25, 0.3) is 17.0 Å². The third-order valence-electron chi connectivity index (χ3n) is 4.80. The zero-order chi connectivity index (χ0) is 22.4. The molecule has 0 saturated heterocycles. The van der Waals surface area contributed by atoms with Gasteiger partial charge in [-0.3, -0.25) is 19.6 Å². The topological polar surface area (TPSA) is 111 Å². The number of fused-ring (bicyclic) bond motifs is 1. The molecule has 0 atom stereocenters. The van der Waals surface area contributed by atoms with E-state index >= 15 is 0 Å². The third-order valence-corrected chi connectivity index (χ3v) is 4.80. The second kappa shape index (κ2) is 9.86. The summed E-state index contributed by atoms with van der Waals surface area (Å²) in [5, 5.41) is 11.9. The van der Waals surface area contributed by atoms with Gasteiger partial charge in [-0.25, -0.2) is 5.48 Å². The smallest absolute Gasteiger partial charge is 0.292 e. The summed E-state index contributed by atoms with van der Waals surface area (Å²) in [4.78, 5) is 39.9. The zero-order valence-corrected chi connectivity index (χ0v) is 17.4. The average molecular weight is 419 g/mol. The van der Waals surface area contributed by atoms with Crippen molar-refractivity contribution in [3.8, 4) is 0 Å². The number of hydroxylamine groups is 1. The highest BCUT2D eigenvalue weighted by atomic mass is 16.5. The Hall–Kier alpha value is -3.71. The maximum Gasteiger partial charge on any atom is 0.292 e. The van der Waals surface area contributed by atoms with E-state index in [0.29, 0.717) is 17.9 Å². The van der Waals surface area contributed by atoms with E-state index in [0.717, 1.165) is 27.7 Å². The first-order valence-electron chi connectivity index (χ1n) is 10.0. The molecule has 160 valence electrons. The molecule has 0 spiro atoms. The van der Waals surface area contributed by atoms with Gasteiger partial charge in [-0.2, -0.15) is 0 Å². The number of H-pyrrole nitrogens is 1. The van der Waals surface area contributed by atoms with Crippen LogP contribution in [0.3, 0.4) is 0 Å². The molecule has 7 heteroatoms. The fourth-order valence-corrected chi connectivity index (χ4v) is 3.35. The molecule has 0 aliphatic heterocycles. The summed E-state index contributed by atoms with van der Waals surface area (Å²) in [6.07, 6.45) is 3.42. The first-order chi connectivity index (χ1) is 14.9. The molecule has 0 fully saturated rings. The normalized spacial score (nSPS) is 11.2. The SMILES string of the molecule is CC(C)Cc1[nH]c2ccccc2c1C(=O)C(=O)NCc1ccc(/C=C/C(=O)NO)cc1. The number of carbonyl (C=O) groups is 3. The molecular formula is C24H25N3O4. The number of amides is 2. The maximum absolute atomic E-state index is 13.0. The Morgan fingerprint density at radius 3 is 2.45 bits per heavy atom. The van der Waals surface area contributed by atoms with Crippen molar-refractivity contribution in [3.05, 3.63) is 77.0 Å². The first kappa shape index (κ1) is 22.0. The molecule has 0 aliphatic rings. The molecule has 0 bridgehead atoms. The van der Waals surface area contributed by atoms with Gasteiger partial charge in [0.1, 0.15) is 0 Å². The van der Waals surface area contributed by atoms with Crippen molar-refractivity contribution in [1.82, 2.24) is 15.8 Å². The van der Waals surface area contributed by atoms with Gasteiger partial charge in [0.2, 0.25) is 0 Å². The van der Waals surface area contributed by atoms with Crippen LogP contribution in [0.4, 0.5) is 0 Å². The van der Waals surface area contributed by atoms with Crippen LogP contribution in [0, 0.1) is 5.92 Å². The molecular weight excluding hydrogens is 394 g/mol. The van der Waals surface area contributed by atoms with Crippen molar-refractivity contribution in [2.45, 2.75) is 26.8 Å². The van der Waals surface area contributed by atoms with Gasteiger partial charge in [0.25, 0.3) is 17.6 Å². The number of hydrogen-bond acceptors (Lipinski definition) is 4. The van der Waals surface area contributed by atoms with Crippen molar-refractivity contribution >= 4 is 34.6 Å². The van der Waals surface area contributed by atoms with Gasteiger partial charge in [-0.05, 0) is 35.6 Å². The largest absolute Gasteiger partial charge is 0.358 e. The summed E-state index contributed by atoms with van der Waals surface area (Å²) in [6.45, 7) is 4.33. The third kappa shape index (κ3) is 5.46. The van der Waals surface area contributed by atoms with Crippen molar-refractivity contribution in [2.75, 3.05) is 0 Å². The molecule has 0 radical (unpaired) electrons. The molecule has 2 amide bonds. The Labute approximate surface area is 180 Å². The van der Waals surface area contributed by atoms with Gasteiger partial charge in [-0.15, -0.1) is 0 Å². The Bertz CT molecular complexity index is 1130. The lowest BCUT2D eigenvalue weighted by Gasteiger charge is -2.08. The second-order valence-electron chi connectivity index (χ2n) is 7.68. The molecule has 2 aromatic carbocycles. The van der Waals surface area contributed by atoms with Crippen molar-refractivity contribution in [2.24, 2.45) is 5.92 Å². The van der Waals surface area contributed by atoms with Gasteiger partial charge >= 0.3 is 0 Å². The van der Waals surface area contributed by atoms with Crippen LogP contribution < -0.4 is 10.8 Å². The number of ketones is 1. The van der Waals surface area contributed by atoms with Crippen LogP contribution in [-0.2, 0) is 22.6 Å². The van der Waals surface area contributed by atoms with Gasteiger partial charge < -0.3 is 10.3 Å². The van der Waals surface area contributed by atoms with Crippen LogP contribution in [0.15, 0.2) is 54.6 Å². The van der Waals surface area contributed by atoms with E-state index in [-0.39, 0.29) is 6.54 Å². The second-order valence-corrected chi connectivity index (χ2v) is 7.68. The van der Waals surface area contributed by atoms with E-state index in [9.17, 15) is 14.4 Å². The molecule has 1 heterocycles. The monoisotopic (exact) mass is 419 g/mol. The number of aromatic nitrogens is 1. The molecule has 3 rings (SSSR count). The molecule has 1 aromatic heterocycles. The highest BCUT2D eigenvalue weighted by Gasteiger charge is 2.24.